The van der Waals surface area contributed by atoms with Crippen molar-refractivity contribution < 1.29 is 9.59 Å². The normalized spacial score (nSPS) is 28.9. The number of anilines is 1. The number of likely N-dealkylation sites (tertiary alicyclic amines) is 1. The maximum atomic E-state index is 12.4. The zero-order valence-electron chi connectivity index (χ0n) is 11.8. The predicted molar refractivity (Wildman–Crippen MR) is 74.7 cm³/mol. The topological polar surface area (TPSA) is 62.3 Å². The SMILES string of the molecule is CNc1cccc(CN2C(=O)C3CC(C)CC3C2=O)n1. The molecule has 2 amide bonds. The summed E-state index contributed by atoms with van der Waals surface area (Å²) >= 11 is 0. The summed E-state index contributed by atoms with van der Waals surface area (Å²) in [6.07, 6.45) is 1.69. The third-order valence-corrected chi connectivity index (χ3v) is 4.35. The molecule has 2 atom stereocenters. The predicted octanol–water partition coefficient (Wildman–Crippen LogP) is 1.65. The van der Waals surface area contributed by atoms with Gasteiger partial charge in [0.05, 0.1) is 24.1 Å². The number of carbonyl (C=O) groups is 2. The van der Waals surface area contributed by atoms with Crippen LogP contribution in [0.15, 0.2) is 18.2 Å². The molecule has 1 aromatic heterocycles. The Bertz CT molecular complexity index is 534. The number of aromatic nitrogens is 1. The fourth-order valence-corrected chi connectivity index (χ4v) is 3.37. The lowest BCUT2D eigenvalue weighted by Gasteiger charge is -2.16. The molecule has 106 valence electrons. The molecule has 0 radical (unpaired) electrons. The highest BCUT2D eigenvalue weighted by atomic mass is 16.2. The fraction of sp³-hybridized carbons (Fsp3) is 0.533. The Morgan fingerprint density at radius 2 is 1.90 bits per heavy atom. The van der Waals surface area contributed by atoms with Crippen molar-refractivity contribution in [3.8, 4) is 0 Å². The van der Waals surface area contributed by atoms with E-state index in [1.54, 1.807) is 7.05 Å². The Hall–Kier alpha value is -1.91. The van der Waals surface area contributed by atoms with E-state index < -0.39 is 0 Å². The van der Waals surface area contributed by atoms with Gasteiger partial charge in [-0.3, -0.25) is 14.5 Å². The van der Waals surface area contributed by atoms with Gasteiger partial charge in [0.25, 0.3) is 0 Å². The Kier molecular flexibility index (Phi) is 3.20. The highest BCUT2D eigenvalue weighted by Gasteiger charge is 2.51. The molecule has 3 rings (SSSR count). The summed E-state index contributed by atoms with van der Waals surface area (Å²) in [4.78, 5) is 30.5. The molecule has 1 saturated heterocycles. The molecular formula is C15H19N3O2. The number of hydrogen-bond donors (Lipinski definition) is 1. The van der Waals surface area contributed by atoms with Gasteiger partial charge in [-0.1, -0.05) is 13.0 Å². The highest BCUT2D eigenvalue weighted by molar-refractivity contribution is 6.05. The van der Waals surface area contributed by atoms with Crippen molar-refractivity contribution >= 4 is 17.6 Å². The lowest BCUT2D eigenvalue weighted by Crippen LogP contribution is -2.32. The maximum Gasteiger partial charge on any atom is 0.233 e. The lowest BCUT2D eigenvalue weighted by atomic mass is 10.00. The Balaban J connectivity index is 1.78. The van der Waals surface area contributed by atoms with Crippen LogP contribution in [0.25, 0.3) is 0 Å². The Morgan fingerprint density at radius 1 is 1.25 bits per heavy atom. The van der Waals surface area contributed by atoms with E-state index in [1.165, 1.54) is 4.90 Å². The van der Waals surface area contributed by atoms with Gasteiger partial charge in [0.1, 0.15) is 5.82 Å². The van der Waals surface area contributed by atoms with E-state index in [2.05, 4.69) is 17.2 Å². The minimum absolute atomic E-state index is 0.0130. The summed E-state index contributed by atoms with van der Waals surface area (Å²) in [7, 11) is 1.80. The first-order valence-corrected chi connectivity index (χ1v) is 7.09. The van der Waals surface area contributed by atoms with Crippen LogP contribution >= 0.6 is 0 Å². The average Bonchev–Trinajstić information content (AvgIpc) is 2.93. The smallest absolute Gasteiger partial charge is 0.233 e. The van der Waals surface area contributed by atoms with E-state index in [0.29, 0.717) is 5.92 Å². The molecule has 2 heterocycles. The van der Waals surface area contributed by atoms with Crippen LogP contribution in [0.4, 0.5) is 5.82 Å². The van der Waals surface area contributed by atoms with Crippen molar-refractivity contribution in [3.05, 3.63) is 23.9 Å². The lowest BCUT2D eigenvalue weighted by molar-refractivity contribution is -0.141. The number of fused-ring (bicyclic) bond motifs is 1. The summed E-state index contributed by atoms with van der Waals surface area (Å²) < 4.78 is 0. The number of rotatable bonds is 3. The summed E-state index contributed by atoms with van der Waals surface area (Å²) in [5.41, 5.74) is 0.742. The van der Waals surface area contributed by atoms with Crippen LogP contribution in [-0.4, -0.2) is 28.7 Å². The average molecular weight is 273 g/mol. The number of carbonyl (C=O) groups excluding carboxylic acids is 2. The van der Waals surface area contributed by atoms with Crippen LogP contribution in [0.2, 0.25) is 0 Å². The summed E-state index contributed by atoms with van der Waals surface area (Å²) in [6.45, 7) is 2.40. The van der Waals surface area contributed by atoms with E-state index in [0.717, 1.165) is 24.4 Å². The van der Waals surface area contributed by atoms with Gasteiger partial charge in [0, 0.05) is 7.05 Å². The van der Waals surface area contributed by atoms with Gasteiger partial charge in [0.15, 0.2) is 0 Å². The second-order valence-corrected chi connectivity index (χ2v) is 5.82. The molecule has 2 unspecified atom stereocenters. The molecule has 0 spiro atoms. The van der Waals surface area contributed by atoms with Gasteiger partial charge in [-0.2, -0.15) is 0 Å². The van der Waals surface area contributed by atoms with Crippen LogP contribution in [-0.2, 0) is 16.1 Å². The van der Waals surface area contributed by atoms with Crippen LogP contribution in [0.1, 0.15) is 25.5 Å². The summed E-state index contributed by atoms with van der Waals surface area (Å²) in [6, 6.07) is 5.58. The molecule has 2 fully saturated rings. The summed E-state index contributed by atoms with van der Waals surface area (Å²) in [5, 5.41) is 2.96. The second kappa shape index (κ2) is 4.89. The standard InChI is InChI=1S/C15H19N3O2/c1-9-6-11-12(7-9)15(20)18(14(11)19)8-10-4-3-5-13(16-2)17-10/h3-5,9,11-12H,6-8H2,1-2H3,(H,16,17). The van der Waals surface area contributed by atoms with Gasteiger partial charge in [-0.15, -0.1) is 0 Å². The van der Waals surface area contributed by atoms with Gasteiger partial charge in [-0.05, 0) is 30.9 Å². The molecule has 1 N–H and O–H groups in total. The van der Waals surface area contributed by atoms with Crippen molar-refractivity contribution in [2.75, 3.05) is 12.4 Å². The fourth-order valence-electron chi connectivity index (χ4n) is 3.37. The second-order valence-electron chi connectivity index (χ2n) is 5.82. The summed E-state index contributed by atoms with van der Waals surface area (Å²) in [5.74, 6) is 1.01. The maximum absolute atomic E-state index is 12.4. The zero-order chi connectivity index (χ0) is 14.3. The minimum Gasteiger partial charge on any atom is -0.373 e. The Labute approximate surface area is 118 Å². The van der Waals surface area contributed by atoms with Crippen LogP contribution in [0.3, 0.4) is 0 Å². The quantitative estimate of drug-likeness (QED) is 0.851. The van der Waals surface area contributed by atoms with Crippen molar-refractivity contribution in [3.63, 3.8) is 0 Å². The van der Waals surface area contributed by atoms with Crippen LogP contribution in [0.5, 0.6) is 0 Å². The van der Waals surface area contributed by atoms with E-state index in [4.69, 9.17) is 0 Å². The van der Waals surface area contributed by atoms with E-state index in [9.17, 15) is 9.59 Å². The van der Waals surface area contributed by atoms with Crippen LogP contribution in [0, 0.1) is 17.8 Å². The monoisotopic (exact) mass is 273 g/mol. The van der Waals surface area contributed by atoms with E-state index in [-0.39, 0.29) is 30.2 Å². The molecule has 2 aliphatic rings. The molecule has 5 nitrogen and oxygen atoms in total. The molecule has 1 aromatic rings. The number of hydrogen-bond acceptors (Lipinski definition) is 4. The van der Waals surface area contributed by atoms with Crippen molar-refractivity contribution in [2.24, 2.45) is 17.8 Å². The number of nitrogens with zero attached hydrogens (tertiary/aromatic N) is 2. The highest BCUT2D eigenvalue weighted by Crippen LogP contribution is 2.43. The number of nitrogens with one attached hydrogen (secondary N) is 1. The zero-order valence-corrected chi connectivity index (χ0v) is 11.8. The van der Waals surface area contributed by atoms with Gasteiger partial charge in [0.2, 0.25) is 11.8 Å². The molecule has 0 bridgehead atoms. The number of pyridine rings is 1. The van der Waals surface area contributed by atoms with Crippen molar-refractivity contribution in [1.29, 1.82) is 0 Å². The molecule has 0 aromatic carbocycles. The number of amides is 2. The van der Waals surface area contributed by atoms with Gasteiger partial charge >= 0.3 is 0 Å². The van der Waals surface area contributed by atoms with Crippen molar-refractivity contribution in [2.45, 2.75) is 26.3 Å². The largest absolute Gasteiger partial charge is 0.373 e. The minimum atomic E-state index is -0.0926. The van der Waals surface area contributed by atoms with E-state index in [1.807, 2.05) is 18.2 Å². The van der Waals surface area contributed by atoms with Crippen molar-refractivity contribution in [1.82, 2.24) is 9.88 Å². The first-order valence-electron chi connectivity index (χ1n) is 7.09. The third-order valence-electron chi connectivity index (χ3n) is 4.35. The molecular weight excluding hydrogens is 254 g/mol. The van der Waals surface area contributed by atoms with Crippen LogP contribution < -0.4 is 5.32 Å². The van der Waals surface area contributed by atoms with Gasteiger partial charge in [-0.25, -0.2) is 4.98 Å². The molecule has 1 aliphatic heterocycles. The molecule has 1 saturated carbocycles. The molecule has 1 aliphatic carbocycles. The first-order chi connectivity index (χ1) is 9.60. The van der Waals surface area contributed by atoms with E-state index >= 15 is 0 Å². The first kappa shape index (κ1) is 13.1. The van der Waals surface area contributed by atoms with Gasteiger partial charge < -0.3 is 5.32 Å². The molecule has 20 heavy (non-hydrogen) atoms. The third kappa shape index (κ3) is 2.07. The Morgan fingerprint density at radius 3 is 2.50 bits per heavy atom. The number of imide groups is 1. The molecule has 5 heteroatoms.